The smallest absolute Gasteiger partial charge is 0.270 e. The van der Waals surface area contributed by atoms with Crippen molar-refractivity contribution in [3.63, 3.8) is 0 Å². The molecule has 0 unspecified atom stereocenters. The van der Waals surface area contributed by atoms with Gasteiger partial charge in [-0.2, -0.15) is 0 Å². The Labute approximate surface area is 169 Å². The van der Waals surface area contributed by atoms with Crippen LogP contribution in [0.2, 0.25) is 0 Å². The van der Waals surface area contributed by atoms with Crippen LogP contribution in [0.4, 0.5) is 11.4 Å². The van der Waals surface area contributed by atoms with E-state index in [4.69, 9.17) is 10.2 Å². The van der Waals surface area contributed by atoms with Crippen molar-refractivity contribution in [3.8, 4) is 16.8 Å². The SMILES string of the molecule is Nc1ccc(-n2c(=O)ccc3oc4ccc(-c5cccc([N+](=O)[O-])c5)cc4c32)cc1. The number of hydrogen-bond donors (Lipinski definition) is 1. The van der Waals surface area contributed by atoms with Gasteiger partial charge in [0.1, 0.15) is 11.1 Å². The largest absolute Gasteiger partial charge is 0.454 e. The van der Waals surface area contributed by atoms with E-state index in [2.05, 4.69) is 0 Å². The van der Waals surface area contributed by atoms with Gasteiger partial charge in [0.2, 0.25) is 0 Å². The number of fused-ring (bicyclic) bond motifs is 3. The molecule has 0 saturated carbocycles. The van der Waals surface area contributed by atoms with Crippen LogP contribution in [0.25, 0.3) is 38.9 Å². The summed E-state index contributed by atoms with van der Waals surface area (Å²) in [6.07, 6.45) is 0. The summed E-state index contributed by atoms with van der Waals surface area (Å²) in [5.74, 6) is 0. The molecule has 0 spiro atoms. The molecule has 0 aliphatic rings. The van der Waals surface area contributed by atoms with Gasteiger partial charge in [-0.1, -0.05) is 18.2 Å². The van der Waals surface area contributed by atoms with E-state index in [0.29, 0.717) is 33.6 Å². The Bertz CT molecular complexity index is 1500. The average Bonchev–Trinajstić information content (AvgIpc) is 3.12. The summed E-state index contributed by atoms with van der Waals surface area (Å²) in [4.78, 5) is 23.5. The summed E-state index contributed by atoms with van der Waals surface area (Å²) in [5.41, 5.74) is 10.2. The number of anilines is 1. The number of pyridine rings is 1. The summed E-state index contributed by atoms with van der Waals surface area (Å²) in [6, 6.07) is 22.1. The van der Waals surface area contributed by atoms with Crippen LogP contribution >= 0.6 is 0 Å². The standard InChI is InChI=1S/C23H15N3O4/c24-16-5-7-17(8-6-16)25-22(27)11-10-21-23(25)19-13-15(4-9-20(19)30-21)14-2-1-3-18(12-14)26(28)29/h1-13H,24H2. The number of benzene rings is 3. The molecule has 0 fully saturated rings. The third-order valence-corrected chi connectivity index (χ3v) is 5.05. The molecule has 3 aromatic carbocycles. The van der Waals surface area contributed by atoms with Gasteiger partial charge in [-0.3, -0.25) is 19.5 Å². The van der Waals surface area contributed by atoms with E-state index in [1.165, 1.54) is 18.2 Å². The molecule has 0 bridgehead atoms. The molecule has 0 amide bonds. The van der Waals surface area contributed by atoms with E-state index in [1.807, 2.05) is 18.2 Å². The molecule has 5 aromatic rings. The van der Waals surface area contributed by atoms with Crippen LogP contribution < -0.4 is 11.3 Å². The van der Waals surface area contributed by atoms with Gasteiger partial charge < -0.3 is 10.2 Å². The van der Waals surface area contributed by atoms with Crippen molar-refractivity contribution in [3.05, 3.63) is 99.3 Å². The Hall–Kier alpha value is -4.39. The average molecular weight is 397 g/mol. The zero-order valence-electron chi connectivity index (χ0n) is 15.6. The van der Waals surface area contributed by atoms with Gasteiger partial charge in [0.05, 0.1) is 4.92 Å². The normalized spacial score (nSPS) is 11.2. The maximum Gasteiger partial charge on any atom is 0.270 e. The topological polar surface area (TPSA) is 104 Å². The van der Waals surface area contributed by atoms with Crippen LogP contribution in [0.15, 0.2) is 88.1 Å². The number of nitrogens with two attached hydrogens (primary N) is 1. The molecule has 0 aliphatic carbocycles. The second kappa shape index (κ2) is 6.59. The summed E-state index contributed by atoms with van der Waals surface area (Å²) < 4.78 is 7.53. The quantitative estimate of drug-likeness (QED) is 0.265. The Balaban J connectivity index is 1.80. The van der Waals surface area contributed by atoms with Gasteiger partial charge in [0, 0.05) is 35.0 Å². The third kappa shape index (κ3) is 2.80. The van der Waals surface area contributed by atoms with E-state index in [1.54, 1.807) is 47.0 Å². The molecule has 2 heterocycles. The Morgan fingerprint density at radius 1 is 0.867 bits per heavy atom. The van der Waals surface area contributed by atoms with Gasteiger partial charge in [-0.05, 0) is 53.6 Å². The van der Waals surface area contributed by atoms with E-state index in [-0.39, 0.29) is 11.2 Å². The highest BCUT2D eigenvalue weighted by molar-refractivity contribution is 6.05. The van der Waals surface area contributed by atoms with Gasteiger partial charge >= 0.3 is 0 Å². The van der Waals surface area contributed by atoms with Gasteiger partial charge in [0.15, 0.2) is 5.58 Å². The number of rotatable bonds is 3. The number of hydrogen-bond acceptors (Lipinski definition) is 5. The molecule has 146 valence electrons. The van der Waals surface area contributed by atoms with Crippen LogP contribution in [-0.4, -0.2) is 9.49 Å². The van der Waals surface area contributed by atoms with Gasteiger partial charge in [-0.25, -0.2) is 0 Å². The molecule has 0 radical (unpaired) electrons. The molecule has 0 atom stereocenters. The van der Waals surface area contributed by atoms with E-state index >= 15 is 0 Å². The molecule has 5 rings (SSSR count). The first-order valence-electron chi connectivity index (χ1n) is 9.20. The van der Waals surface area contributed by atoms with Crippen LogP contribution in [0.1, 0.15) is 0 Å². The predicted molar refractivity (Wildman–Crippen MR) is 116 cm³/mol. The highest BCUT2D eigenvalue weighted by atomic mass is 16.6. The Morgan fingerprint density at radius 2 is 1.60 bits per heavy atom. The molecule has 0 saturated heterocycles. The number of nitrogen functional groups attached to an aromatic ring is 1. The third-order valence-electron chi connectivity index (χ3n) is 5.05. The molecular formula is C23H15N3O4. The number of nitro benzene ring substituents is 1. The first kappa shape index (κ1) is 17.7. The fourth-order valence-electron chi connectivity index (χ4n) is 3.64. The summed E-state index contributed by atoms with van der Waals surface area (Å²) in [6.45, 7) is 0. The predicted octanol–water partition coefficient (Wildman–Crippen LogP) is 4.89. The lowest BCUT2D eigenvalue weighted by molar-refractivity contribution is -0.384. The van der Waals surface area contributed by atoms with Crippen LogP contribution in [0, 0.1) is 10.1 Å². The van der Waals surface area contributed by atoms with E-state index < -0.39 is 4.92 Å². The van der Waals surface area contributed by atoms with Crippen molar-refractivity contribution >= 4 is 33.4 Å². The fourth-order valence-corrected chi connectivity index (χ4v) is 3.64. The fraction of sp³-hybridized carbons (Fsp3) is 0. The summed E-state index contributed by atoms with van der Waals surface area (Å²) in [5, 5.41) is 11.9. The first-order valence-corrected chi connectivity index (χ1v) is 9.20. The molecule has 2 N–H and O–H groups in total. The molecule has 30 heavy (non-hydrogen) atoms. The first-order chi connectivity index (χ1) is 14.5. The maximum atomic E-state index is 12.7. The lowest BCUT2D eigenvalue weighted by Gasteiger charge is -2.08. The number of aromatic nitrogens is 1. The minimum Gasteiger partial charge on any atom is -0.454 e. The van der Waals surface area contributed by atoms with Crippen LogP contribution in [0.5, 0.6) is 0 Å². The minimum absolute atomic E-state index is 0.0171. The number of furan rings is 1. The molecular weight excluding hydrogens is 382 g/mol. The summed E-state index contributed by atoms with van der Waals surface area (Å²) >= 11 is 0. The minimum atomic E-state index is -0.423. The van der Waals surface area contributed by atoms with Crippen LogP contribution in [0.3, 0.4) is 0 Å². The molecule has 7 heteroatoms. The zero-order chi connectivity index (χ0) is 20.8. The number of non-ortho nitro benzene ring substituents is 1. The molecule has 0 aliphatic heterocycles. The van der Waals surface area contributed by atoms with Gasteiger partial charge in [-0.15, -0.1) is 0 Å². The maximum absolute atomic E-state index is 12.7. The van der Waals surface area contributed by atoms with Crippen molar-refractivity contribution in [2.45, 2.75) is 0 Å². The van der Waals surface area contributed by atoms with Crippen molar-refractivity contribution in [1.29, 1.82) is 0 Å². The lowest BCUT2D eigenvalue weighted by atomic mass is 10.0. The van der Waals surface area contributed by atoms with Crippen molar-refractivity contribution in [2.75, 3.05) is 5.73 Å². The van der Waals surface area contributed by atoms with E-state index in [9.17, 15) is 14.9 Å². The van der Waals surface area contributed by atoms with Crippen molar-refractivity contribution in [2.24, 2.45) is 0 Å². The molecule has 2 aromatic heterocycles. The zero-order valence-corrected chi connectivity index (χ0v) is 15.6. The molecule has 7 nitrogen and oxygen atoms in total. The number of nitrogens with zero attached hydrogens (tertiary/aromatic N) is 2. The second-order valence-corrected chi connectivity index (χ2v) is 6.93. The van der Waals surface area contributed by atoms with Gasteiger partial charge in [0.25, 0.3) is 11.2 Å². The highest BCUT2D eigenvalue weighted by Crippen LogP contribution is 2.33. The Morgan fingerprint density at radius 3 is 2.37 bits per heavy atom. The van der Waals surface area contributed by atoms with Crippen molar-refractivity contribution < 1.29 is 9.34 Å². The lowest BCUT2D eigenvalue weighted by Crippen LogP contribution is -2.16. The summed E-state index contributed by atoms with van der Waals surface area (Å²) in [7, 11) is 0. The van der Waals surface area contributed by atoms with E-state index in [0.717, 1.165) is 10.9 Å². The van der Waals surface area contributed by atoms with Crippen LogP contribution in [-0.2, 0) is 0 Å². The number of nitro groups is 1. The Kier molecular flexibility index (Phi) is 3.89. The second-order valence-electron chi connectivity index (χ2n) is 6.93. The monoisotopic (exact) mass is 397 g/mol. The van der Waals surface area contributed by atoms with Crippen molar-refractivity contribution in [1.82, 2.24) is 4.57 Å². The highest BCUT2D eigenvalue weighted by Gasteiger charge is 2.15.